The van der Waals surface area contributed by atoms with Gasteiger partial charge in [-0.3, -0.25) is 0 Å². The molecule has 0 atom stereocenters. The van der Waals surface area contributed by atoms with Gasteiger partial charge in [0.05, 0.1) is 13.8 Å². The molecule has 0 saturated heterocycles. The molecule has 1 heterocycles. The fourth-order valence-corrected chi connectivity index (χ4v) is 11.1. The zero-order valence-corrected chi connectivity index (χ0v) is 34.2. The minimum Gasteiger partial charge on any atom is -0.454 e. The van der Waals surface area contributed by atoms with Crippen LogP contribution in [0.2, 0.25) is 19.6 Å². The van der Waals surface area contributed by atoms with Gasteiger partial charge in [0.1, 0.15) is 5.58 Å². The fraction of sp³-hybridized carbons (Fsp3) is 0.170. The van der Waals surface area contributed by atoms with Crippen molar-refractivity contribution in [3.05, 3.63) is 168 Å². The molecule has 0 radical (unpaired) electrons. The molecule has 11 rings (SSSR count). The molecule has 2 nitrogen and oxygen atoms in total. The van der Waals surface area contributed by atoms with E-state index in [9.17, 15) is 0 Å². The number of fused-ring (bicyclic) bond motifs is 11. The number of hydrogen-bond donors (Lipinski definition) is 0. The molecule has 0 bridgehead atoms. The molecule has 3 heteroatoms. The second kappa shape index (κ2) is 11.3. The number of benzene rings is 8. The average Bonchev–Trinajstić information content (AvgIpc) is 3.75. The van der Waals surface area contributed by atoms with Gasteiger partial charge in [-0.1, -0.05) is 125 Å². The van der Waals surface area contributed by atoms with Crippen molar-refractivity contribution in [3.8, 4) is 22.3 Å². The Hall–Kier alpha value is -5.90. The molecule has 0 fully saturated rings. The van der Waals surface area contributed by atoms with Gasteiger partial charge in [-0.15, -0.1) is 0 Å². The van der Waals surface area contributed by atoms with Crippen LogP contribution in [0.1, 0.15) is 49.9 Å². The Morgan fingerprint density at radius 2 is 0.964 bits per heavy atom. The highest BCUT2D eigenvalue weighted by molar-refractivity contribution is 6.88. The lowest BCUT2D eigenvalue weighted by molar-refractivity contribution is 0.653. The molecule has 0 N–H and O–H groups in total. The molecule has 2 aliphatic rings. The Kier molecular flexibility index (Phi) is 6.77. The van der Waals surface area contributed by atoms with Crippen LogP contribution in [0, 0.1) is 0 Å². The standard InChI is InChI=1S/C53H45NOSi/c1-52(2)45-28-33-14-9-8-13-32(33)26-41(45)43-30-48-44(31-47(43)52)42-27-34-19-20-37(25-35(34)29-46(42)53(48,3)4)54(36-21-23-38(24-22-36)56(5,6)7)49-17-12-16-40-39-15-10-11-18-50(39)55-51(40)49/h8-31H,1-7H3. The first-order valence-corrected chi connectivity index (χ1v) is 23.5. The molecule has 1 aromatic heterocycles. The number of anilines is 3. The third-order valence-corrected chi connectivity index (χ3v) is 15.2. The molecule has 0 aliphatic heterocycles. The summed E-state index contributed by atoms with van der Waals surface area (Å²) in [6.45, 7) is 16.9. The highest BCUT2D eigenvalue weighted by atomic mass is 28.3. The maximum atomic E-state index is 6.65. The van der Waals surface area contributed by atoms with E-state index in [-0.39, 0.29) is 10.8 Å². The van der Waals surface area contributed by atoms with Crippen LogP contribution >= 0.6 is 0 Å². The van der Waals surface area contributed by atoms with Crippen molar-refractivity contribution in [1.82, 2.24) is 0 Å². The largest absolute Gasteiger partial charge is 0.454 e. The van der Waals surface area contributed by atoms with Gasteiger partial charge in [0.25, 0.3) is 0 Å². The number of rotatable bonds is 4. The predicted molar refractivity (Wildman–Crippen MR) is 242 cm³/mol. The van der Waals surface area contributed by atoms with Gasteiger partial charge in [0.15, 0.2) is 5.58 Å². The quantitative estimate of drug-likeness (QED) is 0.167. The van der Waals surface area contributed by atoms with E-state index in [2.05, 4.69) is 192 Å². The third-order valence-electron chi connectivity index (χ3n) is 13.2. The van der Waals surface area contributed by atoms with Crippen LogP contribution in [0.5, 0.6) is 0 Å². The molecule has 56 heavy (non-hydrogen) atoms. The predicted octanol–water partition coefficient (Wildman–Crippen LogP) is 14.5. The molecular formula is C53H45NOSi. The van der Waals surface area contributed by atoms with Gasteiger partial charge >= 0.3 is 0 Å². The van der Waals surface area contributed by atoms with Crippen molar-refractivity contribution in [1.29, 1.82) is 0 Å². The summed E-state index contributed by atoms with van der Waals surface area (Å²) in [5.74, 6) is 0. The maximum Gasteiger partial charge on any atom is 0.159 e. The summed E-state index contributed by atoms with van der Waals surface area (Å²) >= 11 is 0. The Balaban J connectivity index is 1.07. The van der Waals surface area contributed by atoms with E-state index in [1.54, 1.807) is 0 Å². The summed E-state index contributed by atoms with van der Waals surface area (Å²) in [5, 5.41) is 8.83. The van der Waals surface area contributed by atoms with Gasteiger partial charge in [-0.05, 0) is 139 Å². The molecule has 2 aliphatic carbocycles. The summed E-state index contributed by atoms with van der Waals surface area (Å²) in [5.41, 5.74) is 16.0. The first kappa shape index (κ1) is 33.4. The third kappa shape index (κ3) is 4.67. The number of nitrogens with zero attached hydrogens (tertiary/aromatic N) is 1. The van der Waals surface area contributed by atoms with Crippen LogP contribution in [0.4, 0.5) is 17.1 Å². The van der Waals surface area contributed by atoms with Gasteiger partial charge < -0.3 is 9.32 Å². The molecular weight excluding hydrogens is 695 g/mol. The molecule has 8 aromatic carbocycles. The number of hydrogen-bond acceptors (Lipinski definition) is 2. The second-order valence-corrected chi connectivity index (χ2v) is 23.3. The summed E-state index contributed by atoms with van der Waals surface area (Å²) < 4.78 is 6.65. The first-order valence-electron chi connectivity index (χ1n) is 20.0. The highest BCUT2D eigenvalue weighted by Gasteiger charge is 2.42. The second-order valence-electron chi connectivity index (χ2n) is 18.3. The van der Waals surface area contributed by atoms with Crippen molar-refractivity contribution in [2.45, 2.75) is 58.2 Å². The Bertz CT molecular complexity index is 3120. The van der Waals surface area contributed by atoms with Crippen LogP contribution in [0.15, 0.2) is 150 Å². The number of furan rings is 1. The number of para-hydroxylation sites is 2. The first-order chi connectivity index (χ1) is 26.9. The summed E-state index contributed by atoms with van der Waals surface area (Å²) in [4.78, 5) is 2.39. The van der Waals surface area contributed by atoms with E-state index in [0.717, 1.165) is 39.0 Å². The highest BCUT2D eigenvalue weighted by Crippen LogP contribution is 2.57. The Labute approximate surface area is 330 Å². The molecule has 0 spiro atoms. The molecule has 0 unspecified atom stereocenters. The smallest absolute Gasteiger partial charge is 0.159 e. The van der Waals surface area contributed by atoms with E-state index in [4.69, 9.17) is 4.42 Å². The van der Waals surface area contributed by atoms with Crippen LogP contribution in [-0.2, 0) is 10.8 Å². The van der Waals surface area contributed by atoms with Crippen molar-refractivity contribution in [3.63, 3.8) is 0 Å². The van der Waals surface area contributed by atoms with Crippen LogP contribution < -0.4 is 10.1 Å². The van der Waals surface area contributed by atoms with E-state index in [1.165, 1.54) is 71.2 Å². The maximum absolute atomic E-state index is 6.65. The SMILES string of the molecule is CC1(C)c2cc3c(cc2-c2cc4ccccc4cc21)C(C)(C)c1cc2cc(N(c4ccc([Si](C)(C)C)cc4)c4cccc5c4oc4ccccc45)ccc2cc1-3. The lowest BCUT2D eigenvalue weighted by atomic mass is 9.79. The monoisotopic (exact) mass is 739 g/mol. The van der Waals surface area contributed by atoms with Crippen molar-refractivity contribution in [2.24, 2.45) is 0 Å². The minimum absolute atomic E-state index is 0.0815. The molecule has 272 valence electrons. The Morgan fingerprint density at radius 3 is 1.62 bits per heavy atom. The molecule has 9 aromatic rings. The van der Waals surface area contributed by atoms with Crippen LogP contribution in [0.3, 0.4) is 0 Å². The molecule has 0 amide bonds. The van der Waals surface area contributed by atoms with E-state index in [1.807, 2.05) is 6.07 Å². The summed E-state index contributed by atoms with van der Waals surface area (Å²) in [6.07, 6.45) is 0. The van der Waals surface area contributed by atoms with Gasteiger partial charge in [0.2, 0.25) is 0 Å². The molecule has 0 saturated carbocycles. The van der Waals surface area contributed by atoms with Gasteiger partial charge in [0, 0.05) is 33.0 Å². The van der Waals surface area contributed by atoms with E-state index >= 15 is 0 Å². The Morgan fingerprint density at radius 1 is 0.446 bits per heavy atom. The fourth-order valence-electron chi connectivity index (χ4n) is 9.96. The van der Waals surface area contributed by atoms with Gasteiger partial charge in [-0.25, -0.2) is 0 Å². The summed E-state index contributed by atoms with van der Waals surface area (Å²) in [7, 11) is -1.48. The normalized spacial score (nSPS) is 15.0. The van der Waals surface area contributed by atoms with E-state index < -0.39 is 8.07 Å². The zero-order valence-electron chi connectivity index (χ0n) is 33.2. The lowest BCUT2D eigenvalue weighted by Gasteiger charge is -2.27. The van der Waals surface area contributed by atoms with Crippen molar-refractivity contribution < 1.29 is 4.42 Å². The van der Waals surface area contributed by atoms with Gasteiger partial charge in [-0.2, -0.15) is 0 Å². The van der Waals surface area contributed by atoms with Crippen LogP contribution in [-0.4, -0.2) is 8.07 Å². The average molecular weight is 740 g/mol. The minimum atomic E-state index is -1.48. The lowest BCUT2D eigenvalue weighted by Crippen LogP contribution is -2.37. The zero-order chi connectivity index (χ0) is 38.3. The summed E-state index contributed by atoms with van der Waals surface area (Å²) in [6, 6.07) is 54.8. The topological polar surface area (TPSA) is 16.4 Å². The van der Waals surface area contributed by atoms with E-state index in [0.29, 0.717) is 0 Å². The van der Waals surface area contributed by atoms with Crippen molar-refractivity contribution >= 4 is 73.8 Å². The van der Waals surface area contributed by atoms with Crippen molar-refractivity contribution in [2.75, 3.05) is 4.90 Å². The van der Waals surface area contributed by atoms with Crippen LogP contribution in [0.25, 0.3) is 65.7 Å².